The van der Waals surface area contributed by atoms with Crippen LogP contribution in [0.2, 0.25) is 0 Å². The van der Waals surface area contributed by atoms with Gasteiger partial charge < -0.3 is 20.7 Å². The number of carbonyl (C=O) groups is 2. The Morgan fingerprint density at radius 2 is 1.97 bits per heavy atom. The largest absolute Gasteiger partial charge is 0.494 e. The van der Waals surface area contributed by atoms with Crippen molar-refractivity contribution in [1.29, 1.82) is 0 Å². The van der Waals surface area contributed by atoms with E-state index in [1.807, 2.05) is 5.32 Å². The Bertz CT molecular complexity index is 1460. The van der Waals surface area contributed by atoms with Gasteiger partial charge in [-0.3, -0.25) is 19.0 Å². The first-order valence-electron chi connectivity index (χ1n) is 12.8. The number of benzene rings is 1. The first kappa shape index (κ1) is 19.1. The minimum absolute atomic E-state index is 0.0526. The Hall–Kier alpha value is -4.21. The second-order valence-electron chi connectivity index (χ2n) is 8.59. The van der Waals surface area contributed by atoms with Crippen molar-refractivity contribution >= 4 is 29.0 Å². The molecule has 2 heterocycles. The van der Waals surface area contributed by atoms with E-state index in [2.05, 4.69) is 20.6 Å². The number of para-hydroxylation sites is 1. The third-order valence-electron chi connectivity index (χ3n) is 6.00. The monoisotopic (exact) mass is 477 g/mol. The van der Waals surface area contributed by atoms with Crippen molar-refractivity contribution in [2.75, 3.05) is 24.7 Å². The molecule has 0 spiro atoms. The number of amides is 2. The van der Waals surface area contributed by atoms with E-state index in [0.29, 0.717) is 22.7 Å². The van der Waals surface area contributed by atoms with Crippen molar-refractivity contribution in [2.24, 2.45) is 5.92 Å². The summed E-state index contributed by atoms with van der Waals surface area (Å²) >= 11 is 0. The Balaban J connectivity index is 1.51. The second-order valence-corrected chi connectivity index (χ2v) is 8.59. The molecule has 2 aliphatic carbocycles. The Labute approximate surface area is 206 Å². The molecule has 3 N–H and O–H groups in total. The number of hydrogen-bond acceptors (Lipinski definition) is 7. The lowest BCUT2D eigenvalue weighted by Crippen LogP contribution is -2.20. The highest BCUT2D eigenvalue weighted by molar-refractivity contribution is 6.01. The maximum absolute atomic E-state index is 12.8. The van der Waals surface area contributed by atoms with Crippen LogP contribution in [0.4, 0.5) is 17.2 Å². The van der Waals surface area contributed by atoms with E-state index in [9.17, 15) is 14.4 Å². The lowest BCUT2D eigenvalue weighted by molar-refractivity contribution is -0.117. The summed E-state index contributed by atoms with van der Waals surface area (Å²) in [5, 5.41) is 7.79. The predicted octanol–water partition coefficient (Wildman–Crippen LogP) is 3.10. The third kappa shape index (κ3) is 4.72. The number of carbonyl (C=O) groups excluding carboxylic acids is 2. The quantitative estimate of drug-likeness (QED) is 0.455. The number of methoxy groups -OCH3 is 1. The van der Waals surface area contributed by atoms with Gasteiger partial charge >= 0.3 is 0 Å². The minimum Gasteiger partial charge on any atom is -0.494 e. The molecule has 3 aromatic rings. The molecule has 0 radical (unpaired) electrons. The van der Waals surface area contributed by atoms with Gasteiger partial charge in [-0.1, -0.05) is 6.07 Å². The fraction of sp³-hybridized carbons (Fsp3) is 0.320. The number of rotatable bonds is 8. The Morgan fingerprint density at radius 3 is 2.66 bits per heavy atom. The fourth-order valence-corrected chi connectivity index (χ4v) is 3.84. The zero-order valence-corrected chi connectivity index (χ0v) is 19.0. The molecule has 5 rings (SSSR count). The van der Waals surface area contributed by atoms with Gasteiger partial charge in [0.25, 0.3) is 11.5 Å². The van der Waals surface area contributed by atoms with Crippen LogP contribution in [-0.4, -0.2) is 40.4 Å². The molecule has 0 aliphatic heterocycles. The fourth-order valence-electron chi connectivity index (χ4n) is 3.84. The van der Waals surface area contributed by atoms with Gasteiger partial charge in [0.1, 0.15) is 5.82 Å². The summed E-state index contributed by atoms with van der Waals surface area (Å²) in [4.78, 5) is 46.3. The second kappa shape index (κ2) is 9.21. The average molecular weight is 478 g/mol. The lowest BCUT2D eigenvalue weighted by atomic mass is 10.1. The van der Waals surface area contributed by atoms with Gasteiger partial charge in [0.05, 0.1) is 36.1 Å². The van der Waals surface area contributed by atoms with E-state index in [0.717, 1.165) is 25.7 Å². The molecule has 2 aromatic heterocycles. The summed E-state index contributed by atoms with van der Waals surface area (Å²) in [6, 6.07) is 8.28. The molecule has 0 atom stereocenters. The highest BCUT2D eigenvalue weighted by Crippen LogP contribution is 2.38. The van der Waals surface area contributed by atoms with Crippen LogP contribution in [0.3, 0.4) is 0 Å². The molecule has 2 amide bonds. The zero-order valence-electron chi connectivity index (χ0n) is 22.0. The topological polar surface area (TPSA) is 127 Å². The van der Waals surface area contributed by atoms with Gasteiger partial charge in [-0.15, -0.1) is 0 Å². The van der Waals surface area contributed by atoms with Gasteiger partial charge in [0.2, 0.25) is 5.91 Å². The molecule has 2 saturated carbocycles. The van der Waals surface area contributed by atoms with Crippen LogP contribution in [-0.2, 0) is 4.79 Å². The summed E-state index contributed by atoms with van der Waals surface area (Å²) in [5.74, 6) is -0.553. The molecular formula is C25H26N6O4. The normalized spacial score (nSPS) is 16.4. The van der Waals surface area contributed by atoms with Crippen molar-refractivity contribution in [1.82, 2.24) is 19.9 Å². The van der Waals surface area contributed by atoms with E-state index in [1.54, 1.807) is 22.8 Å². The molecule has 35 heavy (non-hydrogen) atoms. The van der Waals surface area contributed by atoms with Gasteiger partial charge in [-0.25, -0.2) is 9.97 Å². The number of anilines is 3. The SMILES string of the molecule is [2H]C([2H])([2H])NC(=O)c1cnc(NC(=O)C2CC2)cc1Nc1cccc(-c2cc(=O)n(C3CC3)cn2)c1OC. The summed E-state index contributed by atoms with van der Waals surface area (Å²) in [6.45, 7) is -2.71. The Morgan fingerprint density at radius 1 is 1.14 bits per heavy atom. The van der Waals surface area contributed by atoms with Crippen LogP contribution in [0.15, 0.2) is 47.7 Å². The van der Waals surface area contributed by atoms with Gasteiger partial charge in [-0.05, 0) is 37.8 Å². The van der Waals surface area contributed by atoms with Crippen LogP contribution in [0.5, 0.6) is 5.75 Å². The molecular weight excluding hydrogens is 448 g/mol. The van der Waals surface area contributed by atoms with Crippen molar-refractivity contribution in [3.63, 3.8) is 0 Å². The molecule has 2 aliphatic rings. The lowest BCUT2D eigenvalue weighted by Gasteiger charge is -2.17. The smallest absolute Gasteiger partial charge is 0.254 e. The molecule has 10 nitrogen and oxygen atoms in total. The van der Waals surface area contributed by atoms with Gasteiger partial charge in [-0.2, -0.15) is 0 Å². The summed E-state index contributed by atoms with van der Waals surface area (Å²) < 4.78 is 29.4. The van der Waals surface area contributed by atoms with E-state index < -0.39 is 12.9 Å². The van der Waals surface area contributed by atoms with E-state index in [-0.39, 0.29) is 40.5 Å². The highest BCUT2D eigenvalue weighted by atomic mass is 16.5. The van der Waals surface area contributed by atoms with Crippen molar-refractivity contribution in [3.05, 3.63) is 58.8 Å². The van der Waals surface area contributed by atoms with Crippen molar-refractivity contribution < 1.29 is 18.4 Å². The Kier molecular flexibility index (Phi) is 5.03. The molecule has 0 bridgehead atoms. The van der Waals surface area contributed by atoms with Crippen LogP contribution in [0.25, 0.3) is 11.3 Å². The van der Waals surface area contributed by atoms with Crippen molar-refractivity contribution in [3.8, 4) is 17.0 Å². The molecule has 180 valence electrons. The average Bonchev–Trinajstić information content (AvgIpc) is 3.76. The summed E-state index contributed by atoms with van der Waals surface area (Å²) in [7, 11) is 1.46. The first-order chi connectivity index (χ1) is 18.1. The number of nitrogens with one attached hydrogen (secondary N) is 3. The molecule has 1 aromatic carbocycles. The van der Waals surface area contributed by atoms with Crippen molar-refractivity contribution in [2.45, 2.75) is 31.7 Å². The predicted molar refractivity (Wildman–Crippen MR) is 131 cm³/mol. The van der Waals surface area contributed by atoms with E-state index >= 15 is 0 Å². The van der Waals surface area contributed by atoms with Crippen LogP contribution < -0.4 is 26.2 Å². The molecule has 0 unspecified atom stereocenters. The van der Waals surface area contributed by atoms with Crippen LogP contribution in [0, 0.1) is 5.92 Å². The van der Waals surface area contributed by atoms with Crippen LogP contribution in [0.1, 0.15) is 46.2 Å². The number of nitrogens with zero attached hydrogens (tertiary/aromatic N) is 3. The zero-order chi connectivity index (χ0) is 27.0. The molecule has 0 saturated heterocycles. The van der Waals surface area contributed by atoms with Gasteiger partial charge in [0.15, 0.2) is 5.75 Å². The number of ether oxygens (including phenoxy) is 1. The standard InChI is InChI=1S/C25H26N6O4/c1-26-25(34)17-12-27-21(30-24(33)14-6-7-14)10-20(17)29-18-5-3-4-16(23(18)35-2)19-11-22(32)31(13-28-19)15-8-9-15/h3-5,10-15H,6-9H2,1-2H3,(H,26,34)(H2,27,29,30,33)/i1D3. The molecule has 10 heteroatoms. The maximum atomic E-state index is 12.8. The number of hydrogen-bond donors (Lipinski definition) is 3. The highest BCUT2D eigenvalue weighted by Gasteiger charge is 2.30. The first-order valence-corrected chi connectivity index (χ1v) is 11.3. The van der Waals surface area contributed by atoms with E-state index in [1.165, 1.54) is 31.8 Å². The van der Waals surface area contributed by atoms with Crippen LogP contribution >= 0.6 is 0 Å². The molecule has 2 fully saturated rings. The maximum Gasteiger partial charge on any atom is 0.254 e. The number of aromatic nitrogens is 3. The van der Waals surface area contributed by atoms with E-state index in [4.69, 9.17) is 8.85 Å². The summed E-state index contributed by atoms with van der Waals surface area (Å²) in [6.07, 6.45) is 6.25. The third-order valence-corrected chi connectivity index (χ3v) is 6.00. The minimum atomic E-state index is -2.71. The summed E-state index contributed by atoms with van der Waals surface area (Å²) in [5.41, 5.74) is 1.37. The number of pyridine rings is 1. The van der Waals surface area contributed by atoms with Gasteiger partial charge in [0, 0.05) is 46.9 Å².